The molecule has 2 aromatic heterocycles. The summed E-state index contributed by atoms with van der Waals surface area (Å²) in [5, 5.41) is 7.63. The fourth-order valence-corrected chi connectivity index (χ4v) is 3.44. The van der Waals surface area contributed by atoms with Crippen LogP contribution in [0.3, 0.4) is 0 Å². The first-order valence-electron chi connectivity index (χ1n) is 8.67. The minimum absolute atomic E-state index is 0.0817. The van der Waals surface area contributed by atoms with Crippen molar-refractivity contribution in [3.8, 4) is 5.75 Å². The van der Waals surface area contributed by atoms with Crippen molar-refractivity contribution in [2.24, 2.45) is 0 Å². The standard InChI is InChI=1S/C19H23N5O2S/c1-11-12(2)21-18-22-19(23-24(18)13(11)3)27-14(4)17(25)20-10-15-8-6-7-9-16(15)26-5/h6-9,14H,10H2,1-5H3,(H,20,25)/t14-/m0/s1. The van der Waals surface area contributed by atoms with Gasteiger partial charge in [0.05, 0.1) is 12.4 Å². The highest BCUT2D eigenvalue weighted by Crippen LogP contribution is 2.22. The summed E-state index contributed by atoms with van der Waals surface area (Å²) in [5.41, 5.74) is 3.96. The van der Waals surface area contributed by atoms with Gasteiger partial charge in [0.15, 0.2) is 0 Å². The molecule has 0 radical (unpaired) electrons. The number of rotatable bonds is 6. The average Bonchev–Trinajstić information content (AvgIpc) is 3.06. The van der Waals surface area contributed by atoms with E-state index in [0.29, 0.717) is 17.5 Å². The molecule has 3 rings (SSSR count). The number of amides is 1. The molecule has 3 aromatic rings. The minimum atomic E-state index is -0.334. The van der Waals surface area contributed by atoms with Crippen LogP contribution in [0.25, 0.3) is 5.78 Å². The van der Waals surface area contributed by atoms with Gasteiger partial charge in [-0.05, 0) is 39.3 Å². The Morgan fingerprint density at radius 3 is 2.74 bits per heavy atom. The minimum Gasteiger partial charge on any atom is -0.496 e. The number of hydrogen-bond donors (Lipinski definition) is 1. The van der Waals surface area contributed by atoms with Gasteiger partial charge < -0.3 is 10.1 Å². The predicted octanol–water partition coefficient (Wildman–Crippen LogP) is 2.86. The number of carbonyl (C=O) groups is 1. The number of fused-ring (bicyclic) bond motifs is 1. The van der Waals surface area contributed by atoms with Crippen molar-refractivity contribution in [3.05, 3.63) is 46.8 Å². The van der Waals surface area contributed by atoms with Gasteiger partial charge in [-0.3, -0.25) is 4.79 Å². The Morgan fingerprint density at radius 1 is 1.26 bits per heavy atom. The zero-order valence-electron chi connectivity index (χ0n) is 16.1. The number of para-hydroxylation sites is 1. The number of ether oxygens (including phenoxy) is 1. The Bertz CT molecular complexity index is 986. The number of nitrogens with one attached hydrogen (secondary N) is 1. The molecule has 142 valence electrons. The fourth-order valence-electron chi connectivity index (χ4n) is 2.67. The maximum Gasteiger partial charge on any atom is 0.253 e. The molecule has 0 aliphatic heterocycles. The van der Waals surface area contributed by atoms with Gasteiger partial charge in [-0.2, -0.15) is 4.98 Å². The number of aryl methyl sites for hydroxylation is 2. The van der Waals surface area contributed by atoms with E-state index < -0.39 is 0 Å². The molecular weight excluding hydrogens is 362 g/mol. The van der Waals surface area contributed by atoms with E-state index in [9.17, 15) is 4.79 Å². The first kappa shape index (κ1) is 19.2. The van der Waals surface area contributed by atoms with E-state index in [1.54, 1.807) is 11.6 Å². The van der Waals surface area contributed by atoms with Crippen LogP contribution in [0.15, 0.2) is 29.4 Å². The summed E-state index contributed by atoms with van der Waals surface area (Å²) in [5.74, 6) is 1.23. The molecule has 1 atom stereocenters. The summed E-state index contributed by atoms with van der Waals surface area (Å²) in [6.45, 7) is 8.21. The Balaban J connectivity index is 1.68. The molecular formula is C19H23N5O2S. The molecule has 0 aliphatic rings. The lowest BCUT2D eigenvalue weighted by molar-refractivity contribution is -0.120. The average molecular weight is 385 g/mol. The van der Waals surface area contributed by atoms with E-state index in [1.807, 2.05) is 52.0 Å². The topological polar surface area (TPSA) is 81.4 Å². The van der Waals surface area contributed by atoms with Gasteiger partial charge in [0, 0.05) is 23.5 Å². The van der Waals surface area contributed by atoms with Gasteiger partial charge in [0.1, 0.15) is 5.75 Å². The molecule has 0 saturated carbocycles. The molecule has 0 bridgehead atoms. The number of hydrogen-bond acceptors (Lipinski definition) is 6. The van der Waals surface area contributed by atoms with E-state index in [2.05, 4.69) is 20.4 Å². The lowest BCUT2D eigenvalue weighted by atomic mass is 10.2. The molecule has 0 spiro atoms. The zero-order chi connectivity index (χ0) is 19.6. The van der Waals surface area contributed by atoms with Crippen LogP contribution in [-0.4, -0.2) is 37.8 Å². The number of aromatic nitrogens is 4. The number of thioether (sulfide) groups is 1. The van der Waals surface area contributed by atoms with E-state index in [4.69, 9.17) is 4.74 Å². The highest BCUT2D eigenvalue weighted by atomic mass is 32.2. The summed E-state index contributed by atoms with van der Waals surface area (Å²) in [6, 6.07) is 7.62. The van der Waals surface area contributed by atoms with Crippen LogP contribution in [0.1, 0.15) is 29.4 Å². The molecule has 1 aromatic carbocycles. The number of methoxy groups -OCH3 is 1. The second kappa shape index (κ2) is 7.96. The molecule has 0 unspecified atom stereocenters. The lowest BCUT2D eigenvalue weighted by Crippen LogP contribution is -2.30. The van der Waals surface area contributed by atoms with Crippen LogP contribution in [0.5, 0.6) is 5.75 Å². The van der Waals surface area contributed by atoms with Crippen molar-refractivity contribution >= 4 is 23.4 Å². The second-order valence-electron chi connectivity index (χ2n) is 6.30. The van der Waals surface area contributed by atoms with E-state index >= 15 is 0 Å². The SMILES string of the molecule is COc1ccccc1CNC(=O)[C@H](C)Sc1nc2nc(C)c(C)c(C)n2n1. The van der Waals surface area contributed by atoms with Gasteiger partial charge in [-0.25, -0.2) is 9.50 Å². The maximum atomic E-state index is 12.5. The molecule has 1 N–H and O–H groups in total. The summed E-state index contributed by atoms with van der Waals surface area (Å²) in [7, 11) is 1.62. The van der Waals surface area contributed by atoms with Crippen molar-refractivity contribution in [2.45, 2.75) is 44.6 Å². The second-order valence-corrected chi connectivity index (χ2v) is 7.61. The van der Waals surface area contributed by atoms with Crippen LogP contribution in [0, 0.1) is 20.8 Å². The van der Waals surface area contributed by atoms with Crippen molar-refractivity contribution < 1.29 is 9.53 Å². The van der Waals surface area contributed by atoms with Crippen molar-refractivity contribution in [3.63, 3.8) is 0 Å². The smallest absolute Gasteiger partial charge is 0.253 e. The lowest BCUT2D eigenvalue weighted by Gasteiger charge is -2.12. The Kier molecular flexibility index (Phi) is 5.65. The first-order chi connectivity index (χ1) is 12.9. The van der Waals surface area contributed by atoms with Gasteiger partial charge in [-0.1, -0.05) is 30.0 Å². The molecule has 8 heteroatoms. The number of carbonyl (C=O) groups excluding carboxylic acids is 1. The Hall–Kier alpha value is -2.61. The normalized spacial score (nSPS) is 12.2. The van der Waals surface area contributed by atoms with Crippen molar-refractivity contribution in [2.75, 3.05) is 7.11 Å². The van der Waals surface area contributed by atoms with E-state index in [-0.39, 0.29) is 11.2 Å². The highest BCUT2D eigenvalue weighted by Gasteiger charge is 2.19. The van der Waals surface area contributed by atoms with Gasteiger partial charge in [0.25, 0.3) is 5.78 Å². The van der Waals surface area contributed by atoms with Crippen LogP contribution in [-0.2, 0) is 11.3 Å². The number of nitrogens with zero attached hydrogens (tertiary/aromatic N) is 4. The van der Waals surface area contributed by atoms with Gasteiger partial charge in [-0.15, -0.1) is 5.10 Å². The molecule has 27 heavy (non-hydrogen) atoms. The summed E-state index contributed by atoms with van der Waals surface area (Å²) >= 11 is 1.32. The molecule has 7 nitrogen and oxygen atoms in total. The summed E-state index contributed by atoms with van der Waals surface area (Å²) in [6.07, 6.45) is 0. The van der Waals surface area contributed by atoms with Crippen molar-refractivity contribution in [1.82, 2.24) is 24.9 Å². The number of benzene rings is 1. The molecule has 0 fully saturated rings. The predicted molar refractivity (Wildman–Crippen MR) is 105 cm³/mol. The van der Waals surface area contributed by atoms with Crippen molar-refractivity contribution in [1.29, 1.82) is 0 Å². The van der Waals surface area contributed by atoms with Crippen LogP contribution in [0.4, 0.5) is 0 Å². The molecule has 0 aliphatic carbocycles. The monoisotopic (exact) mass is 385 g/mol. The van der Waals surface area contributed by atoms with E-state index in [0.717, 1.165) is 28.3 Å². The highest BCUT2D eigenvalue weighted by molar-refractivity contribution is 8.00. The summed E-state index contributed by atoms with van der Waals surface area (Å²) < 4.78 is 7.04. The molecule has 0 saturated heterocycles. The molecule has 1 amide bonds. The third-order valence-electron chi connectivity index (χ3n) is 4.54. The third-order valence-corrected chi connectivity index (χ3v) is 5.49. The van der Waals surface area contributed by atoms with Crippen LogP contribution < -0.4 is 10.1 Å². The van der Waals surface area contributed by atoms with Gasteiger partial charge in [0.2, 0.25) is 11.1 Å². The third kappa shape index (κ3) is 4.05. The summed E-state index contributed by atoms with van der Waals surface area (Å²) in [4.78, 5) is 21.4. The van der Waals surface area contributed by atoms with E-state index in [1.165, 1.54) is 11.8 Å². The fraction of sp³-hybridized carbons (Fsp3) is 0.368. The first-order valence-corrected chi connectivity index (χ1v) is 9.55. The quantitative estimate of drug-likeness (QED) is 0.657. The Labute approximate surface area is 162 Å². The maximum absolute atomic E-state index is 12.5. The zero-order valence-corrected chi connectivity index (χ0v) is 16.9. The largest absolute Gasteiger partial charge is 0.496 e. The van der Waals surface area contributed by atoms with Crippen LogP contribution in [0.2, 0.25) is 0 Å². The molecule has 2 heterocycles. The van der Waals surface area contributed by atoms with Gasteiger partial charge >= 0.3 is 0 Å². The Morgan fingerprint density at radius 2 is 2.00 bits per heavy atom. The van der Waals surface area contributed by atoms with Crippen LogP contribution >= 0.6 is 11.8 Å².